The van der Waals surface area contributed by atoms with E-state index in [4.69, 9.17) is 9.47 Å². The zero-order valence-corrected chi connectivity index (χ0v) is 20.7. The number of anilines is 2. The molecule has 3 aromatic rings. The average molecular weight is 522 g/mol. The number of methoxy groups -OCH3 is 1. The first kappa shape index (κ1) is 24.0. The molecule has 1 heterocycles. The van der Waals surface area contributed by atoms with Gasteiger partial charge in [0.05, 0.1) is 30.0 Å². The minimum atomic E-state index is -3.82. The van der Waals surface area contributed by atoms with Crippen molar-refractivity contribution in [3.63, 3.8) is 0 Å². The summed E-state index contributed by atoms with van der Waals surface area (Å²) in [5.74, 6) is -0.0876. The first-order valence-electron chi connectivity index (χ1n) is 9.71. The smallest absolute Gasteiger partial charge is 0.338 e. The lowest BCUT2D eigenvalue weighted by Gasteiger charge is -2.19. The van der Waals surface area contributed by atoms with Crippen molar-refractivity contribution in [1.29, 1.82) is 0 Å². The summed E-state index contributed by atoms with van der Waals surface area (Å²) in [5.41, 5.74) is 1.68. The van der Waals surface area contributed by atoms with E-state index in [0.29, 0.717) is 28.0 Å². The highest BCUT2D eigenvalue weighted by atomic mass is 79.9. The third-order valence-corrected chi connectivity index (χ3v) is 6.84. The van der Waals surface area contributed by atoms with Gasteiger partial charge < -0.3 is 14.8 Å². The number of sulfonamides is 1. The summed E-state index contributed by atoms with van der Waals surface area (Å²) in [5, 5.41) is 3.78. The fraction of sp³-hybridized carbons (Fsp3) is 0.273. The number of ether oxygens (including phenoxy) is 2. The highest BCUT2D eigenvalue weighted by Crippen LogP contribution is 2.35. The lowest BCUT2D eigenvalue weighted by atomic mass is 10.1. The van der Waals surface area contributed by atoms with Gasteiger partial charge >= 0.3 is 5.97 Å². The van der Waals surface area contributed by atoms with E-state index in [1.807, 2.05) is 13.8 Å². The van der Waals surface area contributed by atoms with Crippen LogP contribution in [0.15, 0.2) is 52.0 Å². The molecule has 0 amide bonds. The van der Waals surface area contributed by atoms with E-state index >= 15 is 0 Å². The van der Waals surface area contributed by atoms with Gasteiger partial charge in [0.1, 0.15) is 10.6 Å². The number of hydrogen-bond donors (Lipinski definition) is 1. The zero-order valence-electron chi connectivity index (χ0n) is 18.3. The van der Waals surface area contributed by atoms with Crippen molar-refractivity contribution >= 4 is 54.2 Å². The van der Waals surface area contributed by atoms with Gasteiger partial charge in [-0.3, -0.25) is 4.98 Å². The van der Waals surface area contributed by atoms with Gasteiger partial charge in [-0.25, -0.2) is 17.5 Å². The Bertz CT molecular complexity index is 1280. The molecule has 1 aromatic heterocycles. The van der Waals surface area contributed by atoms with Crippen LogP contribution in [0.2, 0.25) is 0 Å². The normalized spacial score (nSPS) is 11.8. The summed E-state index contributed by atoms with van der Waals surface area (Å²) in [4.78, 5) is 16.5. The molecule has 0 saturated heterocycles. The van der Waals surface area contributed by atoms with Crippen LogP contribution in [-0.4, -0.2) is 51.0 Å². The SMILES string of the molecule is COC(=O)c1cc(Nc2c(S(=O)(=O)N(C)C)cnc3cc(Br)ccc23)cc(OC(C)C)c1. The second kappa shape index (κ2) is 9.43. The maximum Gasteiger partial charge on any atom is 0.338 e. The number of pyridine rings is 1. The Labute approximate surface area is 195 Å². The third-order valence-electron chi connectivity index (χ3n) is 4.52. The predicted octanol–water partition coefficient (Wildman–Crippen LogP) is 4.57. The number of halogens is 1. The molecule has 0 saturated carbocycles. The number of hydrogen-bond acceptors (Lipinski definition) is 7. The van der Waals surface area contributed by atoms with E-state index < -0.39 is 16.0 Å². The Kier molecular flexibility index (Phi) is 7.06. The number of nitrogens with one attached hydrogen (secondary N) is 1. The number of nitrogens with zero attached hydrogens (tertiary/aromatic N) is 2. The Balaban J connectivity index is 2.24. The van der Waals surface area contributed by atoms with Crippen LogP contribution >= 0.6 is 15.9 Å². The largest absolute Gasteiger partial charge is 0.491 e. The molecule has 8 nitrogen and oxygen atoms in total. The molecule has 0 spiro atoms. The molecule has 0 radical (unpaired) electrons. The number of benzene rings is 2. The number of fused-ring (bicyclic) bond motifs is 1. The van der Waals surface area contributed by atoms with Gasteiger partial charge in [0.2, 0.25) is 10.0 Å². The van der Waals surface area contributed by atoms with Gasteiger partial charge in [-0.15, -0.1) is 0 Å². The minimum absolute atomic E-state index is 0.00659. The molecule has 0 bridgehead atoms. The van der Waals surface area contributed by atoms with E-state index in [2.05, 4.69) is 26.2 Å². The fourth-order valence-corrected chi connectivity index (χ4v) is 4.41. The van der Waals surface area contributed by atoms with Crippen LogP contribution in [0.4, 0.5) is 11.4 Å². The predicted molar refractivity (Wildman–Crippen MR) is 127 cm³/mol. The fourth-order valence-electron chi connectivity index (χ4n) is 3.06. The van der Waals surface area contributed by atoms with E-state index in [1.54, 1.807) is 36.4 Å². The molecule has 0 aliphatic heterocycles. The number of carbonyl (C=O) groups is 1. The van der Waals surface area contributed by atoms with Crippen LogP contribution in [0, 0.1) is 0 Å². The lowest BCUT2D eigenvalue weighted by molar-refractivity contribution is 0.0600. The number of rotatable bonds is 7. The number of aromatic nitrogens is 1. The monoisotopic (exact) mass is 521 g/mol. The molecule has 170 valence electrons. The van der Waals surface area contributed by atoms with Crippen LogP contribution in [0.1, 0.15) is 24.2 Å². The van der Waals surface area contributed by atoms with Crippen LogP contribution in [0.5, 0.6) is 5.75 Å². The molecule has 32 heavy (non-hydrogen) atoms. The molecule has 2 aromatic carbocycles. The quantitative estimate of drug-likeness (QED) is 0.454. The topological polar surface area (TPSA) is 97.8 Å². The van der Waals surface area contributed by atoms with Gasteiger partial charge in [0.15, 0.2) is 0 Å². The Morgan fingerprint density at radius 3 is 2.50 bits per heavy atom. The molecule has 0 fully saturated rings. The van der Waals surface area contributed by atoms with E-state index in [9.17, 15) is 13.2 Å². The first-order chi connectivity index (χ1) is 15.0. The van der Waals surface area contributed by atoms with Crippen molar-refractivity contribution in [3.05, 3.63) is 52.6 Å². The van der Waals surface area contributed by atoms with Crippen molar-refractivity contribution in [3.8, 4) is 5.75 Å². The summed E-state index contributed by atoms with van der Waals surface area (Å²) in [6.45, 7) is 3.74. The molecule has 1 N–H and O–H groups in total. The molecule has 0 aliphatic carbocycles. The standard InChI is InChI=1S/C22H24BrN3O5S/c1-13(2)31-17-9-14(22(27)30-5)8-16(11-17)25-21-18-7-6-15(23)10-19(18)24-12-20(21)32(28,29)26(3)4/h6-13H,1-5H3,(H,24,25). The Morgan fingerprint density at radius 1 is 1.16 bits per heavy atom. The highest BCUT2D eigenvalue weighted by molar-refractivity contribution is 9.10. The second-order valence-corrected chi connectivity index (χ2v) is 10.5. The first-order valence-corrected chi connectivity index (χ1v) is 11.9. The van der Waals surface area contributed by atoms with Crippen LogP contribution < -0.4 is 10.1 Å². The molecule has 0 aliphatic rings. The summed E-state index contributed by atoms with van der Waals surface area (Å²) < 4.78 is 38.6. The van der Waals surface area contributed by atoms with Crippen molar-refractivity contribution in [2.45, 2.75) is 24.8 Å². The van der Waals surface area contributed by atoms with Crippen LogP contribution in [0.3, 0.4) is 0 Å². The lowest BCUT2D eigenvalue weighted by Crippen LogP contribution is -2.23. The molecule has 3 rings (SSSR count). The summed E-state index contributed by atoms with van der Waals surface area (Å²) in [6, 6.07) is 10.2. The van der Waals surface area contributed by atoms with E-state index in [-0.39, 0.29) is 16.6 Å². The maximum absolute atomic E-state index is 13.0. The summed E-state index contributed by atoms with van der Waals surface area (Å²) in [7, 11) is 0.389. The average Bonchev–Trinajstić information content (AvgIpc) is 2.72. The molecule has 10 heteroatoms. The van der Waals surface area contributed by atoms with Crippen LogP contribution in [0.25, 0.3) is 10.9 Å². The van der Waals surface area contributed by atoms with E-state index in [1.165, 1.54) is 27.4 Å². The molecule has 0 atom stereocenters. The van der Waals surface area contributed by atoms with Crippen molar-refractivity contribution in [1.82, 2.24) is 9.29 Å². The second-order valence-electron chi connectivity index (χ2n) is 7.48. The van der Waals surface area contributed by atoms with Crippen molar-refractivity contribution < 1.29 is 22.7 Å². The summed E-state index contributed by atoms with van der Waals surface area (Å²) >= 11 is 3.42. The van der Waals surface area contributed by atoms with E-state index in [0.717, 1.165) is 8.78 Å². The van der Waals surface area contributed by atoms with Gasteiger partial charge in [0, 0.05) is 41.9 Å². The molecular weight excluding hydrogens is 498 g/mol. The Hall–Kier alpha value is -2.69. The highest BCUT2D eigenvalue weighted by Gasteiger charge is 2.24. The van der Waals surface area contributed by atoms with Gasteiger partial charge in [-0.05, 0) is 44.2 Å². The zero-order chi connectivity index (χ0) is 23.6. The molecule has 0 unspecified atom stereocenters. The van der Waals surface area contributed by atoms with Gasteiger partial charge in [-0.1, -0.05) is 15.9 Å². The van der Waals surface area contributed by atoms with Crippen molar-refractivity contribution in [2.75, 3.05) is 26.5 Å². The maximum atomic E-state index is 13.0. The minimum Gasteiger partial charge on any atom is -0.491 e. The third kappa shape index (κ3) is 5.03. The molecular formula is C22H24BrN3O5S. The number of esters is 1. The van der Waals surface area contributed by atoms with Crippen LogP contribution in [-0.2, 0) is 14.8 Å². The van der Waals surface area contributed by atoms with Gasteiger partial charge in [-0.2, -0.15) is 0 Å². The number of carbonyl (C=O) groups excluding carboxylic acids is 1. The van der Waals surface area contributed by atoms with Crippen molar-refractivity contribution in [2.24, 2.45) is 0 Å². The Morgan fingerprint density at radius 2 is 1.88 bits per heavy atom. The van der Waals surface area contributed by atoms with Gasteiger partial charge in [0.25, 0.3) is 0 Å². The summed E-state index contributed by atoms with van der Waals surface area (Å²) in [6.07, 6.45) is 1.20.